The molecule has 7 aromatic rings. The number of sulfonamides is 1. The topological polar surface area (TPSA) is 331 Å². The van der Waals surface area contributed by atoms with Crippen molar-refractivity contribution in [3.05, 3.63) is 203 Å². The number of hydrogen-bond donors (Lipinski definition) is 8. The molecule has 4 saturated heterocycles. The normalized spacial score (nSPS) is 15.6. The van der Waals surface area contributed by atoms with Crippen LogP contribution in [0.3, 0.4) is 0 Å². The molecule has 11 rings (SSSR count). The van der Waals surface area contributed by atoms with Crippen molar-refractivity contribution in [2.45, 2.75) is 52.0 Å². The Hall–Kier alpha value is -9.18. The largest absolute Gasteiger partial charge is 0.399 e. The van der Waals surface area contributed by atoms with E-state index in [4.69, 9.17) is 39.1 Å². The first kappa shape index (κ1) is 77.8. The number of aryl methyl sites for hydroxylation is 1. The summed E-state index contributed by atoms with van der Waals surface area (Å²) < 4.78 is 29.6. The van der Waals surface area contributed by atoms with Gasteiger partial charge in [0.05, 0.1) is 32.6 Å². The smallest absolute Gasteiger partial charge is 0.253 e. The highest BCUT2D eigenvalue weighted by molar-refractivity contribution is 7.88. The molecule has 0 atom stereocenters. The van der Waals surface area contributed by atoms with Crippen LogP contribution in [-0.4, -0.2) is 210 Å². The Kier molecular flexibility index (Phi) is 31.7. The van der Waals surface area contributed by atoms with Crippen molar-refractivity contribution >= 4 is 73.5 Å². The molecule has 4 fully saturated rings. The van der Waals surface area contributed by atoms with E-state index in [-0.39, 0.29) is 23.6 Å². The lowest BCUT2D eigenvalue weighted by molar-refractivity contribution is -0.122. The third-order valence-electron chi connectivity index (χ3n) is 16.6. The van der Waals surface area contributed by atoms with E-state index >= 15 is 0 Å². The molecular weight excluding hydrogens is 1260 g/mol. The average molecular weight is 1360 g/mol. The van der Waals surface area contributed by atoms with Gasteiger partial charge in [-0.25, -0.2) is 8.42 Å². The van der Waals surface area contributed by atoms with Gasteiger partial charge in [-0.3, -0.25) is 38.9 Å². The molecule has 4 aliphatic heterocycles. The zero-order valence-corrected chi connectivity index (χ0v) is 58.9. The number of carbonyl (C=O) groups excluding carboxylic acids is 4. The summed E-state index contributed by atoms with van der Waals surface area (Å²) in [5.41, 5.74) is 46.2. The highest BCUT2D eigenvalue weighted by atomic mass is 32.2. The van der Waals surface area contributed by atoms with Gasteiger partial charge >= 0.3 is 0 Å². The summed E-state index contributed by atoms with van der Waals surface area (Å²) in [6.45, 7) is 16.0. The second kappa shape index (κ2) is 39.9. The third kappa shape index (κ3) is 28.1. The predicted molar refractivity (Wildman–Crippen MR) is 396 cm³/mol. The number of nitrogens with two attached hydrogens (primary N) is 6. The second-order valence-electron chi connectivity index (χ2n) is 25.1. The minimum atomic E-state index is -3.04. The maximum Gasteiger partial charge on any atom is 0.253 e. The van der Waals surface area contributed by atoms with Crippen LogP contribution in [-0.2, 0) is 50.5 Å². The van der Waals surface area contributed by atoms with Crippen LogP contribution in [0.1, 0.15) is 61.4 Å². The number of likely N-dealkylation sites (N-methyl/N-ethyl adjacent to an activating group) is 2. The number of nitrogens with one attached hydrogen (secondary N) is 2. The average Bonchev–Trinajstić information content (AvgIpc) is 0.872. The number of pyridine rings is 1. The fourth-order valence-electron chi connectivity index (χ4n) is 10.7. The number of rotatable bonds is 15. The zero-order chi connectivity index (χ0) is 71.2. The number of likely N-dealkylation sites (tertiary alicyclic amines) is 1. The lowest BCUT2D eigenvalue weighted by Crippen LogP contribution is -2.48. The molecule has 528 valence electrons. The Labute approximate surface area is 579 Å². The number of amides is 4. The van der Waals surface area contributed by atoms with Gasteiger partial charge in [0, 0.05) is 155 Å². The van der Waals surface area contributed by atoms with E-state index in [0.717, 1.165) is 131 Å². The number of benzene rings is 6. The second-order valence-corrected chi connectivity index (χ2v) is 27.1. The molecule has 14 N–H and O–H groups in total. The molecule has 4 aliphatic rings. The zero-order valence-electron chi connectivity index (χ0n) is 58.1. The van der Waals surface area contributed by atoms with E-state index in [0.29, 0.717) is 73.5 Å². The minimum absolute atomic E-state index is 0.0248. The van der Waals surface area contributed by atoms with Crippen molar-refractivity contribution < 1.29 is 32.3 Å². The van der Waals surface area contributed by atoms with Gasteiger partial charge in [0.15, 0.2) is 0 Å². The van der Waals surface area contributed by atoms with E-state index < -0.39 is 10.0 Å². The molecule has 0 spiro atoms. The van der Waals surface area contributed by atoms with E-state index in [2.05, 4.69) is 55.6 Å². The van der Waals surface area contributed by atoms with Crippen molar-refractivity contribution in [1.29, 1.82) is 0 Å². The maximum atomic E-state index is 12.3. The van der Waals surface area contributed by atoms with Gasteiger partial charge in [-0.1, -0.05) is 54.6 Å². The molecule has 0 aliphatic carbocycles. The SMILES string of the molecule is CN(C)CC(=O)NCc1ccc(N)cc1.CN1CCC(N(C)C(=O)c2ccc(N)cc2)CC1.CN1CCN(c2cccc(N)c2)C(=O)C1.CS(=O)(=O)N1CCN(Cc2ccc(N)cc2)CC1.Cc1ccc(CN2CCOCC2)cc1N.Nc1cccc(C(=O)NCc2cccnc2)c1. The molecule has 4 amide bonds. The summed E-state index contributed by atoms with van der Waals surface area (Å²) in [6, 6.07) is 47.2. The van der Waals surface area contributed by atoms with Crippen LogP contribution in [0.2, 0.25) is 0 Å². The maximum absolute atomic E-state index is 12.3. The number of piperazine rings is 2. The van der Waals surface area contributed by atoms with Crippen molar-refractivity contribution in [2.24, 2.45) is 0 Å². The van der Waals surface area contributed by atoms with Gasteiger partial charge in [-0.05, 0) is 186 Å². The number of morpholine rings is 1. The van der Waals surface area contributed by atoms with Crippen LogP contribution in [0.25, 0.3) is 0 Å². The summed E-state index contributed by atoms with van der Waals surface area (Å²) in [7, 11) is 6.66. The van der Waals surface area contributed by atoms with Crippen LogP contribution in [0, 0.1) is 6.92 Å². The van der Waals surface area contributed by atoms with Crippen molar-refractivity contribution in [3.8, 4) is 0 Å². The number of aromatic nitrogens is 1. The minimum Gasteiger partial charge on any atom is -0.399 e. The van der Waals surface area contributed by atoms with Crippen LogP contribution in [0.4, 0.5) is 39.8 Å². The molecule has 98 heavy (non-hydrogen) atoms. The lowest BCUT2D eigenvalue weighted by Gasteiger charge is -2.35. The fourth-order valence-corrected chi connectivity index (χ4v) is 11.5. The number of carbonyl (C=O) groups is 4. The Morgan fingerprint density at radius 3 is 1.69 bits per heavy atom. The van der Waals surface area contributed by atoms with E-state index in [1.165, 1.54) is 21.7 Å². The standard InChI is InChI=1S/C14H21N3O.C13H13N3O.C12H19N3O2S.C12H18N2O.C11H15N3O.C11H17N3O/c1-16-9-7-13(8-10-16)17(2)14(18)11-3-5-12(15)6-4-11;14-12-5-1-4-11(7-12)13(17)16-9-10-3-2-6-15-8-10;1-18(16,17)15-8-6-14(7-9-15)10-11-2-4-12(13)5-3-11;1-10-2-3-11(8-12(10)13)9-14-4-6-15-7-5-14;1-13-5-6-14(11(15)8-13)10-4-2-3-9(12)7-10;1-14(2)8-11(15)13-7-9-3-5-10(12)6-4-9/h3-6,13H,7-10,15H2,1-2H3;1-8H,9,14H2,(H,16,17);2-5H,6-10,13H2,1H3;2-3,8H,4-7,9,13H2,1H3;2-4,7H,5-6,8,12H2,1H3;3-6H,7-8,12H2,1-2H3,(H,13,15). The van der Waals surface area contributed by atoms with E-state index in [1.54, 1.807) is 65.8 Å². The first-order valence-corrected chi connectivity index (χ1v) is 34.7. The molecule has 0 saturated carbocycles. The van der Waals surface area contributed by atoms with Crippen LogP contribution in [0.5, 0.6) is 0 Å². The summed E-state index contributed by atoms with van der Waals surface area (Å²) in [6.07, 6.45) is 6.78. The predicted octanol–water partition coefficient (Wildman–Crippen LogP) is 5.78. The van der Waals surface area contributed by atoms with Crippen molar-refractivity contribution in [3.63, 3.8) is 0 Å². The van der Waals surface area contributed by atoms with Crippen molar-refractivity contribution in [2.75, 3.05) is 173 Å². The lowest BCUT2D eigenvalue weighted by atomic mass is 10.0. The quantitative estimate of drug-likeness (QED) is 0.0564. The Morgan fingerprint density at radius 2 is 1.13 bits per heavy atom. The molecule has 5 heterocycles. The van der Waals surface area contributed by atoms with Gasteiger partial charge in [0.2, 0.25) is 21.8 Å². The monoisotopic (exact) mass is 1360 g/mol. The Balaban J connectivity index is 0.000000186. The van der Waals surface area contributed by atoms with Gasteiger partial charge in [-0.15, -0.1) is 0 Å². The highest BCUT2D eigenvalue weighted by Crippen LogP contribution is 2.21. The number of nitrogen functional groups attached to an aromatic ring is 6. The number of anilines is 7. The molecule has 0 unspecified atom stereocenters. The fraction of sp³-hybridized carbons (Fsp3) is 0.384. The number of piperidine rings is 1. The highest BCUT2D eigenvalue weighted by Gasteiger charge is 2.26. The molecule has 24 nitrogen and oxygen atoms in total. The molecule has 1 aromatic heterocycles. The van der Waals surface area contributed by atoms with Gasteiger partial charge in [0.25, 0.3) is 11.8 Å². The first-order valence-electron chi connectivity index (χ1n) is 32.9. The van der Waals surface area contributed by atoms with Gasteiger partial charge in [0.1, 0.15) is 0 Å². The van der Waals surface area contributed by atoms with Crippen LogP contribution >= 0.6 is 0 Å². The van der Waals surface area contributed by atoms with Crippen LogP contribution in [0.15, 0.2) is 164 Å². The number of ether oxygens (including phenoxy) is 1. The molecule has 0 radical (unpaired) electrons. The summed E-state index contributed by atoms with van der Waals surface area (Å²) in [5, 5.41) is 5.64. The molecular formula is C73H103N17O7S. The van der Waals surface area contributed by atoms with E-state index in [1.807, 2.05) is 135 Å². The molecule has 0 bridgehead atoms. The Morgan fingerprint density at radius 1 is 0.571 bits per heavy atom. The summed E-state index contributed by atoms with van der Waals surface area (Å²) in [5.74, 6) is 0.108. The Bertz CT molecular complexity index is 3680. The van der Waals surface area contributed by atoms with Crippen LogP contribution < -0.4 is 49.9 Å². The first-order chi connectivity index (χ1) is 46.8. The van der Waals surface area contributed by atoms with Gasteiger partial charge in [-0.2, -0.15) is 4.31 Å². The third-order valence-corrected chi connectivity index (χ3v) is 17.9. The summed E-state index contributed by atoms with van der Waals surface area (Å²) in [4.78, 5) is 65.6. The summed E-state index contributed by atoms with van der Waals surface area (Å²) >= 11 is 0. The number of hydrogen-bond acceptors (Lipinski definition) is 19. The van der Waals surface area contributed by atoms with Gasteiger partial charge < -0.3 is 69.4 Å². The molecule has 25 heteroatoms. The molecule has 6 aromatic carbocycles. The van der Waals surface area contributed by atoms with E-state index in [9.17, 15) is 27.6 Å². The van der Waals surface area contributed by atoms with Crippen molar-refractivity contribution in [1.82, 2.24) is 49.3 Å². The number of nitrogens with zero attached hydrogens (tertiary/aromatic N) is 9.